The molecule has 0 unspecified atom stereocenters. The summed E-state index contributed by atoms with van der Waals surface area (Å²) in [6.45, 7) is 0.665. The molecule has 126 valence electrons. The summed E-state index contributed by atoms with van der Waals surface area (Å²) in [5.41, 5.74) is 1.47. The monoisotopic (exact) mass is 328 g/mol. The van der Waals surface area contributed by atoms with Gasteiger partial charge in [0.15, 0.2) is 0 Å². The number of aromatic nitrogens is 2. The third kappa shape index (κ3) is 4.13. The van der Waals surface area contributed by atoms with Crippen LogP contribution in [0.5, 0.6) is 5.75 Å². The molecule has 0 bridgehead atoms. The predicted molar refractivity (Wildman–Crippen MR) is 90.5 cm³/mol. The fraction of sp³-hybridized carbons (Fsp3) is 0.353. The number of benzene rings is 1. The van der Waals surface area contributed by atoms with E-state index in [0.29, 0.717) is 24.7 Å². The van der Waals surface area contributed by atoms with Crippen molar-refractivity contribution in [2.24, 2.45) is 0 Å². The molecule has 7 nitrogen and oxygen atoms in total. The number of anilines is 1. The molecule has 0 radical (unpaired) electrons. The first-order chi connectivity index (χ1) is 11.7. The number of hydrogen-bond donors (Lipinski definition) is 2. The summed E-state index contributed by atoms with van der Waals surface area (Å²) in [4.78, 5) is 23.7. The van der Waals surface area contributed by atoms with Crippen LogP contribution < -0.4 is 20.9 Å². The molecule has 1 saturated carbocycles. The Morgan fingerprint density at radius 2 is 2.00 bits per heavy atom. The molecule has 0 saturated heterocycles. The number of methoxy groups -OCH3 is 1. The summed E-state index contributed by atoms with van der Waals surface area (Å²) in [5, 5.41) is 9.79. The Morgan fingerprint density at radius 3 is 2.67 bits per heavy atom. The van der Waals surface area contributed by atoms with Gasteiger partial charge in [-0.25, -0.2) is 9.48 Å². The van der Waals surface area contributed by atoms with Crippen LogP contribution >= 0.6 is 0 Å². The van der Waals surface area contributed by atoms with Crippen LogP contribution in [0.15, 0.2) is 41.2 Å². The first-order valence-electron chi connectivity index (χ1n) is 7.92. The molecule has 2 aromatic rings. The second kappa shape index (κ2) is 7.16. The smallest absolute Gasteiger partial charge is 0.319 e. The molecule has 1 aromatic heterocycles. The molecule has 0 atom stereocenters. The van der Waals surface area contributed by atoms with Crippen molar-refractivity contribution in [3.05, 3.63) is 52.4 Å². The van der Waals surface area contributed by atoms with Crippen LogP contribution in [0.1, 0.15) is 24.5 Å². The van der Waals surface area contributed by atoms with Crippen molar-refractivity contribution in [2.45, 2.75) is 25.3 Å². The van der Waals surface area contributed by atoms with E-state index in [1.807, 2.05) is 0 Å². The van der Waals surface area contributed by atoms with Gasteiger partial charge in [-0.1, -0.05) is 0 Å². The van der Waals surface area contributed by atoms with E-state index in [1.54, 1.807) is 37.4 Å². The molecule has 0 spiro atoms. The minimum atomic E-state index is -0.327. The average molecular weight is 328 g/mol. The van der Waals surface area contributed by atoms with Gasteiger partial charge in [0.25, 0.3) is 5.56 Å². The lowest BCUT2D eigenvalue weighted by molar-refractivity contribution is 0.251. The van der Waals surface area contributed by atoms with Crippen molar-refractivity contribution in [3.63, 3.8) is 0 Å². The molecule has 7 heteroatoms. The van der Waals surface area contributed by atoms with Gasteiger partial charge >= 0.3 is 6.03 Å². The molecular formula is C17H20N4O3. The highest BCUT2D eigenvalue weighted by Crippen LogP contribution is 2.38. The number of rotatable bonds is 6. The van der Waals surface area contributed by atoms with Crippen LogP contribution in [0.25, 0.3) is 0 Å². The van der Waals surface area contributed by atoms with Crippen molar-refractivity contribution in [3.8, 4) is 5.75 Å². The zero-order valence-electron chi connectivity index (χ0n) is 13.5. The molecule has 1 aliphatic rings. The van der Waals surface area contributed by atoms with E-state index in [0.717, 1.165) is 24.3 Å². The van der Waals surface area contributed by atoms with E-state index in [9.17, 15) is 9.59 Å². The summed E-state index contributed by atoms with van der Waals surface area (Å²) in [7, 11) is 1.59. The van der Waals surface area contributed by atoms with Crippen LogP contribution in [0.2, 0.25) is 0 Å². The Hall–Kier alpha value is -2.83. The summed E-state index contributed by atoms with van der Waals surface area (Å²) in [6.07, 6.45) is 2.27. The Bertz CT molecular complexity index is 766. The number of carbonyl (C=O) groups is 1. The van der Waals surface area contributed by atoms with E-state index in [-0.39, 0.29) is 11.6 Å². The van der Waals surface area contributed by atoms with Gasteiger partial charge < -0.3 is 15.4 Å². The van der Waals surface area contributed by atoms with E-state index >= 15 is 0 Å². The van der Waals surface area contributed by atoms with E-state index in [2.05, 4.69) is 15.7 Å². The Balaban J connectivity index is 1.49. The Kier molecular flexibility index (Phi) is 4.79. The summed E-state index contributed by atoms with van der Waals surface area (Å²) >= 11 is 0. The molecule has 1 aromatic carbocycles. The number of urea groups is 1. The third-order valence-electron chi connectivity index (χ3n) is 3.84. The maximum atomic E-state index is 11.9. The van der Waals surface area contributed by atoms with Gasteiger partial charge in [-0.3, -0.25) is 4.79 Å². The normalized spacial score (nSPS) is 13.4. The predicted octanol–water partition coefficient (Wildman–Crippen LogP) is 1.95. The largest absolute Gasteiger partial charge is 0.497 e. The van der Waals surface area contributed by atoms with Gasteiger partial charge in [0, 0.05) is 24.2 Å². The molecular weight excluding hydrogens is 308 g/mol. The van der Waals surface area contributed by atoms with Gasteiger partial charge in [-0.2, -0.15) is 5.10 Å². The van der Waals surface area contributed by atoms with E-state index in [1.165, 1.54) is 10.7 Å². The van der Waals surface area contributed by atoms with Crippen LogP contribution in [0.3, 0.4) is 0 Å². The van der Waals surface area contributed by atoms with Crippen LogP contribution in [-0.4, -0.2) is 29.5 Å². The van der Waals surface area contributed by atoms with Crippen LogP contribution in [0, 0.1) is 0 Å². The van der Waals surface area contributed by atoms with Crippen LogP contribution in [-0.2, 0) is 6.54 Å². The number of nitrogens with one attached hydrogen (secondary N) is 2. The minimum Gasteiger partial charge on any atom is -0.497 e. The number of ether oxygens (including phenoxy) is 1. The Labute approximate surface area is 139 Å². The molecule has 24 heavy (non-hydrogen) atoms. The number of nitrogens with zero attached hydrogens (tertiary/aromatic N) is 2. The zero-order chi connectivity index (χ0) is 16.9. The van der Waals surface area contributed by atoms with Gasteiger partial charge in [0.2, 0.25) is 0 Å². The quantitative estimate of drug-likeness (QED) is 0.849. The molecule has 0 aliphatic heterocycles. The lowest BCUT2D eigenvalue weighted by atomic mass is 10.3. The van der Waals surface area contributed by atoms with Crippen molar-refractivity contribution in [1.82, 2.24) is 15.1 Å². The molecule has 3 rings (SSSR count). The first kappa shape index (κ1) is 16.0. The summed E-state index contributed by atoms with van der Waals surface area (Å²) < 4.78 is 6.47. The Morgan fingerprint density at radius 1 is 1.25 bits per heavy atom. The minimum absolute atomic E-state index is 0.156. The number of carbonyl (C=O) groups excluding carboxylic acids is 1. The van der Waals surface area contributed by atoms with Gasteiger partial charge in [0.05, 0.1) is 19.3 Å². The van der Waals surface area contributed by atoms with Crippen molar-refractivity contribution < 1.29 is 9.53 Å². The lowest BCUT2D eigenvalue weighted by Gasteiger charge is -2.09. The second-order valence-electron chi connectivity index (χ2n) is 5.70. The third-order valence-corrected chi connectivity index (χ3v) is 3.84. The highest BCUT2D eigenvalue weighted by molar-refractivity contribution is 5.89. The van der Waals surface area contributed by atoms with Gasteiger partial charge in [0.1, 0.15) is 5.75 Å². The summed E-state index contributed by atoms with van der Waals surface area (Å²) in [6, 6.07) is 10.0. The van der Waals surface area contributed by atoms with Gasteiger partial charge in [-0.05, 0) is 43.2 Å². The van der Waals surface area contributed by atoms with Gasteiger partial charge in [-0.15, -0.1) is 0 Å². The molecule has 1 heterocycles. The maximum absolute atomic E-state index is 11.9. The number of hydrogen-bond acceptors (Lipinski definition) is 4. The fourth-order valence-electron chi connectivity index (χ4n) is 2.35. The van der Waals surface area contributed by atoms with Crippen molar-refractivity contribution >= 4 is 11.7 Å². The van der Waals surface area contributed by atoms with Crippen molar-refractivity contribution in [1.29, 1.82) is 0 Å². The van der Waals surface area contributed by atoms with E-state index in [4.69, 9.17) is 4.74 Å². The highest BCUT2D eigenvalue weighted by Gasteiger charge is 2.25. The molecule has 1 aliphatic carbocycles. The number of amides is 2. The maximum Gasteiger partial charge on any atom is 0.319 e. The fourth-order valence-corrected chi connectivity index (χ4v) is 2.35. The average Bonchev–Trinajstić information content (AvgIpc) is 3.42. The molecule has 2 N–H and O–H groups in total. The lowest BCUT2D eigenvalue weighted by Crippen LogP contribution is -2.34. The van der Waals surface area contributed by atoms with Crippen LogP contribution in [0.4, 0.5) is 10.5 Å². The van der Waals surface area contributed by atoms with Crippen molar-refractivity contribution in [2.75, 3.05) is 19.0 Å². The molecule has 1 fully saturated rings. The zero-order valence-corrected chi connectivity index (χ0v) is 13.5. The first-order valence-corrected chi connectivity index (χ1v) is 7.92. The standard InChI is InChI=1S/C17H20N4O3/c1-24-14-6-4-13(5-7-14)19-17(23)18-10-11-21-16(22)9-8-15(20-21)12-2-3-12/h4-9,12H,2-3,10-11H2,1H3,(H2,18,19,23). The van der Waals surface area contributed by atoms with E-state index < -0.39 is 0 Å². The summed E-state index contributed by atoms with van der Waals surface area (Å²) in [5.74, 6) is 1.21. The molecule has 2 amide bonds. The SMILES string of the molecule is COc1ccc(NC(=O)NCCn2nc(C3CC3)ccc2=O)cc1. The topological polar surface area (TPSA) is 85.2 Å². The second-order valence-corrected chi connectivity index (χ2v) is 5.70. The highest BCUT2D eigenvalue weighted by atomic mass is 16.5.